The average Bonchev–Trinajstić information content (AvgIpc) is 3.39. The summed E-state index contributed by atoms with van der Waals surface area (Å²) in [4.78, 5) is 33.3. The molecule has 2 fully saturated rings. The normalized spacial score (nSPS) is 21.1. The van der Waals surface area contributed by atoms with Crippen LogP contribution in [0.3, 0.4) is 0 Å². The van der Waals surface area contributed by atoms with E-state index in [1.807, 2.05) is 29.2 Å². The van der Waals surface area contributed by atoms with Crippen LogP contribution in [0.25, 0.3) is 11.1 Å². The molecule has 1 atom stereocenters. The van der Waals surface area contributed by atoms with Crippen LogP contribution in [-0.2, 0) is 17.6 Å². The summed E-state index contributed by atoms with van der Waals surface area (Å²) in [7, 11) is 0. The van der Waals surface area contributed by atoms with Crippen molar-refractivity contribution in [1.82, 2.24) is 14.8 Å². The SMILES string of the molecule is NC(=O)c1ccc(-c2ccc3c(c2)CC[C@H]3N2CC3(CCN(C(=O)Cc4ccc5c(c4)OCCO5)CC3)C2)cn1. The van der Waals surface area contributed by atoms with Gasteiger partial charge in [0.2, 0.25) is 5.91 Å². The van der Waals surface area contributed by atoms with Crippen LogP contribution < -0.4 is 15.2 Å². The molecule has 4 aliphatic rings. The van der Waals surface area contributed by atoms with E-state index in [1.165, 1.54) is 11.1 Å². The van der Waals surface area contributed by atoms with Crippen molar-refractivity contribution in [2.75, 3.05) is 39.4 Å². The Morgan fingerprint density at radius 2 is 1.73 bits per heavy atom. The van der Waals surface area contributed by atoms with Crippen molar-refractivity contribution < 1.29 is 19.1 Å². The number of carbonyl (C=O) groups is 2. The van der Waals surface area contributed by atoms with E-state index in [1.54, 1.807) is 12.3 Å². The molecule has 2 N–H and O–H groups in total. The molecule has 8 nitrogen and oxygen atoms in total. The standard InChI is InChI=1S/C32H34N4O4/c33-31(38)26-6-3-24(18-34-26)22-2-5-25-23(17-22)4-7-27(25)36-19-32(20-36)9-11-35(12-10-32)30(37)16-21-1-8-28-29(15-21)40-14-13-39-28/h1-3,5-6,8,15,17-18,27H,4,7,9-14,16,19-20H2,(H2,33,38)/t27-/m1/s1. The fourth-order valence-electron chi connectivity index (χ4n) is 6.93. The van der Waals surface area contributed by atoms with E-state index < -0.39 is 5.91 Å². The van der Waals surface area contributed by atoms with Crippen molar-refractivity contribution in [3.8, 4) is 22.6 Å². The van der Waals surface area contributed by atoms with E-state index >= 15 is 0 Å². The number of hydrogen-bond acceptors (Lipinski definition) is 6. The largest absolute Gasteiger partial charge is 0.486 e. The molecular weight excluding hydrogens is 504 g/mol. The smallest absolute Gasteiger partial charge is 0.267 e. The number of nitrogens with zero attached hydrogens (tertiary/aromatic N) is 3. The fourth-order valence-corrected chi connectivity index (χ4v) is 6.93. The predicted octanol–water partition coefficient (Wildman–Crippen LogP) is 3.77. The highest BCUT2D eigenvalue weighted by Gasteiger charge is 2.48. The topological polar surface area (TPSA) is 98.0 Å². The number of piperidine rings is 1. The molecule has 2 aromatic carbocycles. The molecule has 8 heteroatoms. The lowest BCUT2D eigenvalue weighted by Gasteiger charge is -2.56. The summed E-state index contributed by atoms with van der Waals surface area (Å²) < 4.78 is 11.3. The number of aromatic nitrogens is 1. The molecule has 4 heterocycles. The molecule has 40 heavy (non-hydrogen) atoms. The Bertz CT molecular complexity index is 1450. The van der Waals surface area contributed by atoms with Gasteiger partial charge in [-0.25, -0.2) is 0 Å². The predicted molar refractivity (Wildman–Crippen MR) is 150 cm³/mol. The van der Waals surface area contributed by atoms with E-state index in [0.29, 0.717) is 31.1 Å². The lowest BCUT2D eigenvalue weighted by atomic mass is 9.71. The maximum atomic E-state index is 13.1. The molecule has 0 bridgehead atoms. The third kappa shape index (κ3) is 4.60. The summed E-state index contributed by atoms with van der Waals surface area (Å²) in [6.07, 6.45) is 6.50. The van der Waals surface area contributed by atoms with Gasteiger partial charge in [-0.15, -0.1) is 0 Å². The molecule has 0 radical (unpaired) electrons. The van der Waals surface area contributed by atoms with Gasteiger partial charge in [0, 0.05) is 44.0 Å². The molecule has 2 saturated heterocycles. The molecule has 1 aromatic heterocycles. The number of benzene rings is 2. The van der Waals surface area contributed by atoms with Crippen molar-refractivity contribution in [1.29, 1.82) is 0 Å². The minimum atomic E-state index is -0.510. The monoisotopic (exact) mass is 538 g/mol. The number of nitrogens with two attached hydrogens (primary N) is 1. The Morgan fingerprint density at radius 1 is 0.950 bits per heavy atom. The average molecular weight is 539 g/mol. The van der Waals surface area contributed by atoms with Crippen molar-refractivity contribution in [3.63, 3.8) is 0 Å². The van der Waals surface area contributed by atoms with E-state index in [2.05, 4.69) is 28.1 Å². The van der Waals surface area contributed by atoms with Gasteiger partial charge >= 0.3 is 0 Å². The zero-order valence-corrected chi connectivity index (χ0v) is 22.6. The van der Waals surface area contributed by atoms with Gasteiger partial charge in [-0.1, -0.05) is 30.3 Å². The number of primary amides is 1. The Morgan fingerprint density at radius 3 is 2.48 bits per heavy atom. The van der Waals surface area contributed by atoms with Gasteiger partial charge in [0.05, 0.1) is 6.42 Å². The summed E-state index contributed by atoms with van der Waals surface area (Å²) in [5, 5.41) is 0. The number of likely N-dealkylation sites (tertiary alicyclic amines) is 2. The van der Waals surface area contributed by atoms with Crippen LogP contribution in [-0.4, -0.2) is 66.0 Å². The third-order valence-corrected chi connectivity index (χ3v) is 9.19. The zero-order valence-electron chi connectivity index (χ0n) is 22.6. The van der Waals surface area contributed by atoms with Gasteiger partial charge in [0.1, 0.15) is 18.9 Å². The van der Waals surface area contributed by atoms with E-state index in [9.17, 15) is 9.59 Å². The van der Waals surface area contributed by atoms with Crippen molar-refractivity contribution in [3.05, 3.63) is 77.1 Å². The molecule has 0 unspecified atom stereocenters. The first-order valence-electron chi connectivity index (χ1n) is 14.3. The second-order valence-corrected chi connectivity index (χ2v) is 11.7. The summed E-state index contributed by atoms with van der Waals surface area (Å²) in [5.74, 6) is 1.19. The first-order valence-corrected chi connectivity index (χ1v) is 14.3. The van der Waals surface area contributed by atoms with Crippen molar-refractivity contribution in [2.45, 2.75) is 38.1 Å². The number of pyridine rings is 1. The van der Waals surface area contributed by atoms with Crippen molar-refractivity contribution >= 4 is 11.8 Å². The molecule has 1 spiro atoms. The Labute approximate surface area is 234 Å². The number of ether oxygens (including phenoxy) is 2. The lowest BCUT2D eigenvalue weighted by molar-refractivity contribution is -0.136. The van der Waals surface area contributed by atoms with E-state index in [0.717, 1.165) is 80.1 Å². The van der Waals surface area contributed by atoms with Gasteiger partial charge in [-0.2, -0.15) is 0 Å². The quantitative estimate of drug-likeness (QED) is 0.531. The molecular formula is C32H34N4O4. The van der Waals surface area contributed by atoms with E-state index in [-0.39, 0.29) is 11.6 Å². The molecule has 206 valence electrons. The van der Waals surface area contributed by atoms with Gasteiger partial charge in [0.25, 0.3) is 5.91 Å². The van der Waals surface area contributed by atoms with Crippen LogP contribution in [0, 0.1) is 5.41 Å². The molecule has 3 aliphatic heterocycles. The molecule has 0 saturated carbocycles. The Hall–Kier alpha value is -3.91. The van der Waals surface area contributed by atoms with Crippen molar-refractivity contribution in [2.24, 2.45) is 11.1 Å². The third-order valence-electron chi connectivity index (χ3n) is 9.19. The first-order chi connectivity index (χ1) is 19.5. The van der Waals surface area contributed by atoms with Crippen LogP contribution in [0.1, 0.15) is 52.5 Å². The minimum absolute atomic E-state index is 0.197. The highest BCUT2D eigenvalue weighted by Crippen LogP contribution is 2.48. The number of hydrogen-bond donors (Lipinski definition) is 1. The Kier molecular flexibility index (Phi) is 6.23. The second-order valence-electron chi connectivity index (χ2n) is 11.7. The molecule has 1 aliphatic carbocycles. The van der Waals surface area contributed by atoms with Crippen LogP contribution in [0.2, 0.25) is 0 Å². The Balaban J connectivity index is 0.936. The number of carbonyl (C=O) groups excluding carboxylic acids is 2. The maximum absolute atomic E-state index is 13.1. The van der Waals surface area contributed by atoms with Gasteiger partial charge in [-0.05, 0) is 71.6 Å². The zero-order chi connectivity index (χ0) is 27.3. The molecule has 7 rings (SSSR count). The van der Waals surface area contributed by atoms with E-state index in [4.69, 9.17) is 15.2 Å². The number of amides is 2. The van der Waals surface area contributed by atoms with Crippen LogP contribution in [0.5, 0.6) is 11.5 Å². The van der Waals surface area contributed by atoms with Crippen LogP contribution >= 0.6 is 0 Å². The van der Waals surface area contributed by atoms with Gasteiger partial charge in [0.15, 0.2) is 11.5 Å². The maximum Gasteiger partial charge on any atom is 0.267 e. The van der Waals surface area contributed by atoms with Gasteiger partial charge < -0.3 is 20.1 Å². The second kappa shape index (κ2) is 9.93. The highest BCUT2D eigenvalue weighted by molar-refractivity contribution is 5.91. The fraction of sp³-hybridized carbons (Fsp3) is 0.406. The van der Waals surface area contributed by atoms with Crippen LogP contribution in [0.4, 0.5) is 0 Å². The molecule has 2 amide bonds. The number of aryl methyl sites for hydroxylation is 1. The number of rotatable bonds is 5. The summed E-state index contributed by atoms with van der Waals surface area (Å²) in [5.41, 5.74) is 11.9. The summed E-state index contributed by atoms with van der Waals surface area (Å²) in [6, 6.07) is 16.6. The van der Waals surface area contributed by atoms with Gasteiger partial charge in [-0.3, -0.25) is 19.5 Å². The summed E-state index contributed by atoms with van der Waals surface area (Å²) in [6.45, 7) is 5.02. The first kappa shape index (κ1) is 25.1. The number of fused-ring (bicyclic) bond motifs is 2. The lowest BCUT2D eigenvalue weighted by Crippen LogP contribution is -2.61. The van der Waals surface area contributed by atoms with Crippen LogP contribution in [0.15, 0.2) is 54.7 Å². The molecule has 3 aromatic rings. The minimum Gasteiger partial charge on any atom is -0.486 e. The highest BCUT2D eigenvalue weighted by atomic mass is 16.6. The summed E-state index contributed by atoms with van der Waals surface area (Å²) >= 11 is 0.